The minimum Gasteiger partial charge on any atom is -0.335 e. The van der Waals surface area contributed by atoms with Gasteiger partial charge in [0.05, 0.1) is 0 Å². The number of H-pyrrole nitrogens is 1. The first kappa shape index (κ1) is 12.0. The van der Waals surface area contributed by atoms with E-state index in [4.69, 9.17) is 0 Å². The molecule has 0 aliphatic heterocycles. The Hall–Kier alpha value is -1.52. The molecule has 1 aliphatic rings. The highest BCUT2D eigenvalue weighted by Gasteiger charge is 2.17. The number of carbonyl (C=O) groups excluding carboxylic acids is 1. The Bertz CT molecular complexity index is 380. The number of amides is 2. The molecule has 0 atom stereocenters. The third-order valence-corrected chi connectivity index (χ3v) is 3.15. The molecule has 5 nitrogen and oxygen atoms in total. The first-order valence-electron chi connectivity index (χ1n) is 6.28. The third kappa shape index (κ3) is 3.22. The van der Waals surface area contributed by atoms with Gasteiger partial charge in [0, 0.05) is 17.8 Å². The highest BCUT2D eigenvalue weighted by atomic mass is 16.2. The van der Waals surface area contributed by atoms with Gasteiger partial charge in [-0.25, -0.2) is 4.79 Å². The van der Waals surface area contributed by atoms with Gasteiger partial charge in [-0.15, -0.1) is 0 Å². The van der Waals surface area contributed by atoms with Gasteiger partial charge in [-0.2, -0.15) is 5.10 Å². The fraction of sp³-hybridized carbons (Fsp3) is 0.667. The lowest BCUT2D eigenvalue weighted by Crippen LogP contribution is -2.36. The van der Waals surface area contributed by atoms with E-state index in [0.29, 0.717) is 17.8 Å². The second-order valence-corrected chi connectivity index (χ2v) is 4.94. The molecule has 2 amide bonds. The van der Waals surface area contributed by atoms with E-state index in [1.54, 1.807) is 0 Å². The molecule has 0 aromatic carbocycles. The summed E-state index contributed by atoms with van der Waals surface area (Å²) in [7, 11) is 0. The van der Waals surface area contributed by atoms with E-state index in [0.717, 1.165) is 18.5 Å². The maximum atomic E-state index is 11.7. The topological polar surface area (TPSA) is 69.8 Å². The van der Waals surface area contributed by atoms with Gasteiger partial charge in [-0.1, -0.05) is 26.7 Å². The molecule has 1 aromatic heterocycles. The molecule has 94 valence electrons. The van der Waals surface area contributed by atoms with Crippen LogP contribution in [0.5, 0.6) is 0 Å². The van der Waals surface area contributed by atoms with E-state index in [2.05, 4.69) is 34.7 Å². The van der Waals surface area contributed by atoms with Crippen molar-refractivity contribution in [2.75, 3.05) is 5.32 Å². The summed E-state index contributed by atoms with van der Waals surface area (Å²) in [6, 6.07) is 2.05. The number of aromatic amines is 1. The molecule has 0 unspecified atom stereocenters. The molecule has 3 N–H and O–H groups in total. The van der Waals surface area contributed by atoms with Crippen molar-refractivity contribution in [2.24, 2.45) is 0 Å². The zero-order valence-electron chi connectivity index (χ0n) is 10.4. The van der Waals surface area contributed by atoms with E-state index in [1.807, 2.05) is 6.07 Å². The number of aromatic nitrogens is 2. The largest absolute Gasteiger partial charge is 0.335 e. The van der Waals surface area contributed by atoms with Crippen LogP contribution in [0.4, 0.5) is 10.6 Å². The zero-order valence-corrected chi connectivity index (χ0v) is 10.4. The molecule has 1 aliphatic carbocycles. The van der Waals surface area contributed by atoms with Crippen molar-refractivity contribution in [3.8, 4) is 0 Å². The number of nitrogens with one attached hydrogen (secondary N) is 3. The quantitative estimate of drug-likeness (QED) is 0.755. The van der Waals surface area contributed by atoms with Crippen molar-refractivity contribution >= 4 is 11.8 Å². The molecule has 1 saturated carbocycles. The molecule has 17 heavy (non-hydrogen) atoms. The van der Waals surface area contributed by atoms with Crippen LogP contribution in [0.3, 0.4) is 0 Å². The number of urea groups is 1. The lowest BCUT2D eigenvalue weighted by molar-refractivity contribution is 0.248. The monoisotopic (exact) mass is 236 g/mol. The van der Waals surface area contributed by atoms with E-state index < -0.39 is 0 Å². The molecular weight excluding hydrogens is 216 g/mol. The normalized spacial score (nSPS) is 16.4. The molecule has 0 bridgehead atoms. The predicted molar refractivity (Wildman–Crippen MR) is 67.1 cm³/mol. The molecule has 1 heterocycles. The Balaban J connectivity index is 1.84. The fourth-order valence-electron chi connectivity index (χ4n) is 2.10. The van der Waals surface area contributed by atoms with E-state index >= 15 is 0 Å². The van der Waals surface area contributed by atoms with Crippen molar-refractivity contribution in [2.45, 2.75) is 51.5 Å². The van der Waals surface area contributed by atoms with Gasteiger partial charge in [-0.05, 0) is 18.8 Å². The number of carbonyl (C=O) groups is 1. The highest BCUT2D eigenvalue weighted by molar-refractivity contribution is 5.88. The van der Waals surface area contributed by atoms with Gasteiger partial charge in [0.15, 0.2) is 5.82 Å². The highest BCUT2D eigenvalue weighted by Crippen LogP contribution is 2.18. The summed E-state index contributed by atoms with van der Waals surface area (Å²) in [6.07, 6.45) is 4.60. The van der Waals surface area contributed by atoms with Gasteiger partial charge in [0.1, 0.15) is 0 Å². The van der Waals surface area contributed by atoms with E-state index in [9.17, 15) is 4.79 Å². The molecule has 2 rings (SSSR count). The van der Waals surface area contributed by atoms with Gasteiger partial charge in [0.2, 0.25) is 0 Å². The second-order valence-electron chi connectivity index (χ2n) is 4.94. The first-order valence-corrected chi connectivity index (χ1v) is 6.28. The standard InChI is InChI=1S/C12H20N4O/c1-8(2)10-7-11(16-15-10)14-12(17)13-9-5-3-4-6-9/h7-9H,3-6H2,1-2H3,(H3,13,14,15,16,17). The van der Waals surface area contributed by atoms with Gasteiger partial charge in [0.25, 0.3) is 0 Å². The second kappa shape index (κ2) is 5.21. The van der Waals surface area contributed by atoms with Crippen LogP contribution in [-0.4, -0.2) is 22.3 Å². The van der Waals surface area contributed by atoms with Crippen molar-refractivity contribution in [3.63, 3.8) is 0 Å². The van der Waals surface area contributed by atoms with Crippen LogP contribution < -0.4 is 10.6 Å². The first-order chi connectivity index (χ1) is 8.15. The zero-order chi connectivity index (χ0) is 12.3. The summed E-state index contributed by atoms with van der Waals surface area (Å²) >= 11 is 0. The Kier molecular flexibility index (Phi) is 3.66. The predicted octanol–water partition coefficient (Wildman–Crippen LogP) is 2.60. The average Bonchev–Trinajstić information content (AvgIpc) is 2.88. The maximum Gasteiger partial charge on any atom is 0.320 e. The van der Waals surface area contributed by atoms with Gasteiger partial charge >= 0.3 is 6.03 Å². The fourth-order valence-corrected chi connectivity index (χ4v) is 2.10. The summed E-state index contributed by atoms with van der Waals surface area (Å²) < 4.78 is 0. The van der Waals surface area contributed by atoms with Crippen molar-refractivity contribution in [1.82, 2.24) is 15.5 Å². The molecule has 1 fully saturated rings. The maximum absolute atomic E-state index is 11.7. The van der Waals surface area contributed by atoms with Crippen LogP contribution >= 0.6 is 0 Å². The number of hydrogen-bond donors (Lipinski definition) is 3. The summed E-state index contributed by atoms with van der Waals surface area (Å²) in [4.78, 5) is 11.7. The number of hydrogen-bond acceptors (Lipinski definition) is 2. The summed E-state index contributed by atoms with van der Waals surface area (Å²) in [5, 5.41) is 12.7. The molecule has 0 saturated heterocycles. The van der Waals surface area contributed by atoms with Crippen molar-refractivity contribution in [1.29, 1.82) is 0 Å². The van der Waals surface area contributed by atoms with Crippen LogP contribution in [0.2, 0.25) is 0 Å². The SMILES string of the molecule is CC(C)c1cc(NC(=O)NC2CCCC2)n[nH]1. The molecular formula is C12H20N4O. The molecule has 0 spiro atoms. The Morgan fingerprint density at radius 3 is 2.76 bits per heavy atom. The minimum absolute atomic E-state index is 0.154. The van der Waals surface area contributed by atoms with Gasteiger partial charge < -0.3 is 5.32 Å². The third-order valence-electron chi connectivity index (χ3n) is 3.15. The van der Waals surface area contributed by atoms with Crippen molar-refractivity contribution in [3.05, 3.63) is 11.8 Å². The summed E-state index contributed by atoms with van der Waals surface area (Å²) in [5.41, 5.74) is 1.03. The molecule has 5 heteroatoms. The number of rotatable bonds is 3. The smallest absolute Gasteiger partial charge is 0.320 e. The van der Waals surface area contributed by atoms with Crippen LogP contribution in [-0.2, 0) is 0 Å². The lowest BCUT2D eigenvalue weighted by atomic mass is 10.1. The Morgan fingerprint density at radius 1 is 1.47 bits per heavy atom. The summed E-state index contributed by atoms with van der Waals surface area (Å²) in [6.45, 7) is 4.16. The van der Waals surface area contributed by atoms with Crippen molar-refractivity contribution < 1.29 is 4.79 Å². The minimum atomic E-state index is -0.154. The van der Waals surface area contributed by atoms with E-state index in [-0.39, 0.29) is 6.03 Å². The van der Waals surface area contributed by atoms with Crippen LogP contribution in [0.15, 0.2) is 6.07 Å². The average molecular weight is 236 g/mol. The Labute approximate surface area is 101 Å². The molecule has 1 aromatic rings. The van der Waals surface area contributed by atoms with Crippen LogP contribution in [0, 0.1) is 0 Å². The van der Waals surface area contributed by atoms with Gasteiger partial charge in [-0.3, -0.25) is 10.4 Å². The lowest BCUT2D eigenvalue weighted by Gasteiger charge is -2.11. The summed E-state index contributed by atoms with van der Waals surface area (Å²) in [5.74, 6) is 0.972. The Morgan fingerprint density at radius 2 is 2.18 bits per heavy atom. The molecule has 0 radical (unpaired) electrons. The van der Waals surface area contributed by atoms with E-state index in [1.165, 1.54) is 12.8 Å². The van der Waals surface area contributed by atoms with Crippen LogP contribution in [0.25, 0.3) is 0 Å². The van der Waals surface area contributed by atoms with Crippen LogP contribution in [0.1, 0.15) is 51.1 Å². The number of anilines is 1. The number of nitrogens with zero attached hydrogens (tertiary/aromatic N) is 1.